The van der Waals surface area contributed by atoms with E-state index in [1.165, 1.54) is 31.9 Å². The van der Waals surface area contributed by atoms with Gasteiger partial charge in [0.2, 0.25) is 0 Å². The van der Waals surface area contributed by atoms with Gasteiger partial charge in [-0.3, -0.25) is 4.79 Å². The third-order valence-electron chi connectivity index (χ3n) is 5.37. The highest BCUT2D eigenvalue weighted by Crippen LogP contribution is 2.40. The van der Waals surface area contributed by atoms with Crippen LogP contribution in [0.1, 0.15) is 53.4 Å². The fourth-order valence-corrected chi connectivity index (χ4v) is 5.11. The second-order valence-corrected chi connectivity index (χ2v) is 10.2. The Morgan fingerprint density at radius 3 is 1.93 bits per heavy atom. The predicted octanol–water partition coefficient (Wildman–Crippen LogP) is 3.96. The number of carbonyl (C=O) groups is 1. The van der Waals surface area contributed by atoms with E-state index in [0.717, 1.165) is 21.0 Å². The molecular formula is C22H27NO5S. The number of fused-ring (bicyclic) bond motifs is 1. The van der Waals surface area contributed by atoms with Crippen LogP contribution in [0.2, 0.25) is 0 Å². The summed E-state index contributed by atoms with van der Waals surface area (Å²) in [6.45, 7) is 10.3. The SMILES string of the molecule is COc1cc2c(cc1OC)S(=O)(=O)N(Cc1c(C)cc(C(C)(C)C)cc1C)C2=O. The van der Waals surface area contributed by atoms with Crippen molar-refractivity contribution in [2.75, 3.05) is 14.2 Å². The third kappa shape index (κ3) is 3.48. The van der Waals surface area contributed by atoms with E-state index in [2.05, 4.69) is 32.9 Å². The van der Waals surface area contributed by atoms with Gasteiger partial charge in [-0.05, 0) is 47.6 Å². The summed E-state index contributed by atoms with van der Waals surface area (Å²) in [4.78, 5) is 12.9. The quantitative estimate of drug-likeness (QED) is 0.753. The van der Waals surface area contributed by atoms with Gasteiger partial charge in [0.05, 0.1) is 26.3 Å². The average Bonchev–Trinajstić information content (AvgIpc) is 2.82. The molecule has 1 aliphatic rings. The van der Waals surface area contributed by atoms with Gasteiger partial charge in [-0.1, -0.05) is 32.9 Å². The summed E-state index contributed by atoms with van der Waals surface area (Å²) in [7, 11) is -1.11. The number of aryl methyl sites for hydroxylation is 2. The molecule has 0 spiro atoms. The van der Waals surface area contributed by atoms with Crippen molar-refractivity contribution in [3.05, 3.63) is 52.1 Å². The fourth-order valence-electron chi connectivity index (χ4n) is 3.58. The van der Waals surface area contributed by atoms with Crippen molar-refractivity contribution >= 4 is 15.9 Å². The van der Waals surface area contributed by atoms with Crippen LogP contribution < -0.4 is 9.47 Å². The average molecular weight is 418 g/mol. The first-order chi connectivity index (χ1) is 13.4. The van der Waals surface area contributed by atoms with Crippen LogP contribution in [0.5, 0.6) is 11.5 Å². The second-order valence-electron chi connectivity index (χ2n) is 8.36. The van der Waals surface area contributed by atoms with E-state index < -0.39 is 15.9 Å². The smallest absolute Gasteiger partial charge is 0.269 e. The van der Waals surface area contributed by atoms with Crippen LogP contribution in [0.3, 0.4) is 0 Å². The Morgan fingerprint density at radius 2 is 1.45 bits per heavy atom. The summed E-state index contributed by atoms with van der Waals surface area (Å²) in [5.41, 5.74) is 4.01. The van der Waals surface area contributed by atoms with Crippen LogP contribution in [-0.4, -0.2) is 32.8 Å². The van der Waals surface area contributed by atoms with Crippen molar-refractivity contribution in [2.24, 2.45) is 0 Å². The number of ether oxygens (including phenoxy) is 2. The summed E-state index contributed by atoms with van der Waals surface area (Å²) >= 11 is 0. The zero-order valence-electron chi connectivity index (χ0n) is 17.9. The molecule has 6 nitrogen and oxygen atoms in total. The molecule has 0 aliphatic carbocycles. The van der Waals surface area contributed by atoms with Gasteiger partial charge in [0.25, 0.3) is 15.9 Å². The topological polar surface area (TPSA) is 72.9 Å². The molecule has 1 aliphatic heterocycles. The van der Waals surface area contributed by atoms with Crippen LogP contribution in [0.25, 0.3) is 0 Å². The van der Waals surface area contributed by atoms with Gasteiger partial charge in [-0.25, -0.2) is 12.7 Å². The normalized spacial score (nSPS) is 15.4. The summed E-state index contributed by atoms with van der Waals surface area (Å²) < 4.78 is 37.6. The van der Waals surface area contributed by atoms with Crippen molar-refractivity contribution in [1.29, 1.82) is 0 Å². The highest BCUT2D eigenvalue weighted by molar-refractivity contribution is 7.90. The number of amides is 1. The molecule has 0 radical (unpaired) electrons. The van der Waals surface area contributed by atoms with Crippen LogP contribution in [0.15, 0.2) is 29.2 Å². The lowest BCUT2D eigenvalue weighted by molar-refractivity contribution is 0.0864. The molecule has 156 valence electrons. The molecule has 2 aromatic rings. The lowest BCUT2D eigenvalue weighted by Crippen LogP contribution is -2.30. The highest BCUT2D eigenvalue weighted by Gasteiger charge is 2.42. The number of methoxy groups -OCH3 is 2. The van der Waals surface area contributed by atoms with E-state index in [9.17, 15) is 13.2 Å². The number of benzene rings is 2. The minimum absolute atomic E-state index is 0.0113. The lowest BCUT2D eigenvalue weighted by Gasteiger charge is -2.24. The minimum atomic E-state index is -3.98. The van der Waals surface area contributed by atoms with E-state index in [-0.39, 0.29) is 28.2 Å². The van der Waals surface area contributed by atoms with Crippen molar-refractivity contribution < 1.29 is 22.7 Å². The maximum atomic E-state index is 13.1. The Balaban J connectivity index is 2.07. The third-order valence-corrected chi connectivity index (χ3v) is 7.14. The van der Waals surface area contributed by atoms with Crippen molar-refractivity contribution in [3.8, 4) is 11.5 Å². The Morgan fingerprint density at radius 1 is 0.931 bits per heavy atom. The molecule has 1 amide bonds. The van der Waals surface area contributed by atoms with Gasteiger partial charge < -0.3 is 9.47 Å². The molecule has 1 heterocycles. The molecule has 0 atom stereocenters. The van der Waals surface area contributed by atoms with E-state index in [1.807, 2.05) is 13.8 Å². The van der Waals surface area contributed by atoms with E-state index in [0.29, 0.717) is 5.75 Å². The summed E-state index contributed by atoms with van der Waals surface area (Å²) in [6, 6.07) is 6.91. The second kappa shape index (κ2) is 7.06. The summed E-state index contributed by atoms with van der Waals surface area (Å²) in [5.74, 6) is 0.0320. The van der Waals surface area contributed by atoms with Crippen LogP contribution in [0, 0.1) is 13.8 Å². The maximum absolute atomic E-state index is 13.1. The lowest BCUT2D eigenvalue weighted by atomic mass is 9.84. The van der Waals surface area contributed by atoms with Crippen molar-refractivity contribution in [1.82, 2.24) is 4.31 Å². The number of rotatable bonds is 4. The monoisotopic (exact) mass is 417 g/mol. The Hall–Kier alpha value is -2.54. The molecule has 0 bridgehead atoms. The van der Waals surface area contributed by atoms with Gasteiger partial charge in [0.1, 0.15) is 4.90 Å². The summed E-state index contributed by atoms with van der Waals surface area (Å²) in [5, 5.41) is 0. The number of hydrogen-bond donors (Lipinski definition) is 0. The zero-order chi connectivity index (χ0) is 21.7. The molecule has 0 fully saturated rings. The van der Waals surface area contributed by atoms with E-state index in [4.69, 9.17) is 9.47 Å². The first-order valence-electron chi connectivity index (χ1n) is 9.35. The highest BCUT2D eigenvalue weighted by atomic mass is 32.2. The molecule has 0 N–H and O–H groups in total. The molecular weight excluding hydrogens is 390 g/mol. The van der Waals surface area contributed by atoms with Crippen molar-refractivity contribution in [2.45, 2.75) is 51.5 Å². The van der Waals surface area contributed by atoms with E-state index >= 15 is 0 Å². The molecule has 3 rings (SSSR count). The molecule has 0 aromatic heterocycles. The number of nitrogens with zero attached hydrogens (tertiary/aromatic N) is 1. The Bertz CT molecular complexity index is 1070. The van der Waals surface area contributed by atoms with Crippen LogP contribution >= 0.6 is 0 Å². The van der Waals surface area contributed by atoms with Crippen LogP contribution in [0.4, 0.5) is 0 Å². The van der Waals surface area contributed by atoms with Gasteiger partial charge in [0.15, 0.2) is 11.5 Å². The number of carbonyl (C=O) groups excluding carboxylic acids is 1. The minimum Gasteiger partial charge on any atom is -0.493 e. The molecule has 7 heteroatoms. The number of hydrogen-bond acceptors (Lipinski definition) is 5. The Kier molecular flexibility index (Phi) is 5.15. The van der Waals surface area contributed by atoms with Gasteiger partial charge in [0, 0.05) is 6.07 Å². The zero-order valence-corrected chi connectivity index (χ0v) is 18.7. The summed E-state index contributed by atoms with van der Waals surface area (Å²) in [6.07, 6.45) is 0. The Labute approximate surface area is 172 Å². The van der Waals surface area contributed by atoms with Crippen LogP contribution in [-0.2, 0) is 22.0 Å². The molecule has 0 saturated carbocycles. The van der Waals surface area contributed by atoms with E-state index in [1.54, 1.807) is 0 Å². The molecule has 0 unspecified atom stereocenters. The standard InChI is InChI=1S/C22H27NO5S/c1-13-8-15(22(3,4)5)9-14(2)17(13)12-23-21(24)16-10-18(27-6)19(28-7)11-20(16)29(23,25)26/h8-11H,12H2,1-7H3. The fraction of sp³-hybridized carbons (Fsp3) is 0.409. The predicted molar refractivity (Wildman–Crippen MR) is 111 cm³/mol. The molecule has 2 aromatic carbocycles. The molecule has 29 heavy (non-hydrogen) atoms. The largest absolute Gasteiger partial charge is 0.493 e. The number of sulfonamides is 1. The first kappa shape index (κ1) is 21.2. The maximum Gasteiger partial charge on any atom is 0.269 e. The van der Waals surface area contributed by atoms with Gasteiger partial charge in [-0.2, -0.15) is 0 Å². The molecule has 0 saturated heterocycles. The van der Waals surface area contributed by atoms with Gasteiger partial charge in [-0.15, -0.1) is 0 Å². The van der Waals surface area contributed by atoms with Crippen molar-refractivity contribution in [3.63, 3.8) is 0 Å². The first-order valence-corrected chi connectivity index (χ1v) is 10.8. The van der Waals surface area contributed by atoms with Gasteiger partial charge >= 0.3 is 0 Å².